The van der Waals surface area contributed by atoms with Crippen molar-refractivity contribution in [1.29, 1.82) is 0 Å². The highest BCUT2D eigenvalue weighted by Crippen LogP contribution is 2.35. The molecule has 0 spiro atoms. The molecule has 1 atom stereocenters. The minimum absolute atomic E-state index is 0.000710. The van der Waals surface area contributed by atoms with Gasteiger partial charge in [0.25, 0.3) is 5.92 Å². The third-order valence-corrected chi connectivity index (χ3v) is 5.19. The first kappa shape index (κ1) is 18.3. The van der Waals surface area contributed by atoms with Crippen molar-refractivity contribution in [3.05, 3.63) is 17.0 Å². The molecule has 1 aromatic rings. The number of carbonyl (C=O) groups is 1. The van der Waals surface area contributed by atoms with Crippen LogP contribution in [0.4, 0.5) is 8.78 Å². The molecule has 0 aromatic carbocycles. The van der Waals surface area contributed by atoms with Gasteiger partial charge in [-0.15, -0.1) is 0 Å². The lowest BCUT2D eigenvalue weighted by Gasteiger charge is -2.46. The van der Waals surface area contributed by atoms with E-state index in [0.717, 1.165) is 11.3 Å². The first-order chi connectivity index (χ1) is 11.7. The van der Waals surface area contributed by atoms with E-state index in [1.165, 1.54) is 0 Å². The maximum Gasteiger partial charge on any atom is 0.262 e. The number of carbonyl (C=O) groups excluding carboxylic acids is 1. The third-order valence-electron chi connectivity index (χ3n) is 5.19. The Morgan fingerprint density at radius 2 is 2.04 bits per heavy atom. The average Bonchev–Trinajstić information content (AvgIpc) is 2.90. The maximum atomic E-state index is 13.9. The van der Waals surface area contributed by atoms with Crippen LogP contribution in [-0.4, -0.2) is 84.0 Å². The SMILES string of the molecule is Cc1noc(C)c1CC(=O)N1CC(N2CC(F)(F)C[C@H]2CN(C)C)C1. The molecule has 2 fully saturated rings. The molecule has 6 nitrogen and oxygen atoms in total. The molecule has 0 radical (unpaired) electrons. The number of likely N-dealkylation sites (tertiary alicyclic amines) is 2. The van der Waals surface area contributed by atoms with Gasteiger partial charge in [0.15, 0.2) is 0 Å². The summed E-state index contributed by atoms with van der Waals surface area (Å²) in [5.74, 6) is -1.98. The van der Waals surface area contributed by atoms with Crippen molar-refractivity contribution in [3.8, 4) is 0 Å². The normalized spacial score (nSPS) is 24.1. The number of rotatable bonds is 5. The van der Waals surface area contributed by atoms with Gasteiger partial charge in [-0.1, -0.05) is 5.16 Å². The van der Waals surface area contributed by atoms with Gasteiger partial charge in [0.2, 0.25) is 5.91 Å². The van der Waals surface area contributed by atoms with Gasteiger partial charge in [-0.2, -0.15) is 0 Å². The first-order valence-electron chi connectivity index (χ1n) is 8.64. The van der Waals surface area contributed by atoms with Gasteiger partial charge in [-0.3, -0.25) is 9.69 Å². The van der Waals surface area contributed by atoms with Crippen LogP contribution in [0.15, 0.2) is 4.52 Å². The average molecular weight is 356 g/mol. The molecular formula is C17H26F2N4O2. The fourth-order valence-electron chi connectivity index (χ4n) is 3.83. The molecule has 0 N–H and O–H groups in total. The standard InChI is InChI=1S/C17H26F2N4O2/c1-11-15(12(2)25-20-11)5-16(24)22-8-14(9-22)23-10-17(18,19)6-13(23)7-21(3)4/h13-14H,5-10H2,1-4H3/t13-/m0/s1. The van der Waals surface area contributed by atoms with Gasteiger partial charge in [0.05, 0.1) is 18.7 Å². The summed E-state index contributed by atoms with van der Waals surface area (Å²) < 4.78 is 32.8. The van der Waals surface area contributed by atoms with Crippen LogP contribution in [-0.2, 0) is 11.2 Å². The van der Waals surface area contributed by atoms with Gasteiger partial charge in [-0.25, -0.2) is 8.78 Å². The molecule has 2 saturated heterocycles. The Morgan fingerprint density at radius 1 is 1.36 bits per heavy atom. The molecule has 0 aliphatic carbocycles. The number of likely N-dealkylation sites (N-methyl/N-ethyl adjacent to an activating group) is 1. The van der Waals surface area contributed by atoms with Crippen LogP contribution in [0.1, 0.15) is 23.4 Å². The number of alkyl halides is 2. The van der Waals surface area contributed by atoms with Crippen LogP contribution in [0.5, 0.6) is 0 Å². The Hall–Kier alpha value is -1.54. The molecule has 0 bridgehead atoms. The van der Waals surface area contributed by atoms with Crippen molar-refractivity contribution in [1.82, 2.24) is 19.9 Å². The summed E-state index contributed by atoms with van der Waals surface area (Å²) in [5, 5.41) is 3.86. The minimum Gasteiger partial charge on any atom is -0.361 e. The molecule has 1 amide bonds. The molecule has 3 heterocycles. The zero-order valence-electron chi connectivity index (χ0n) is 15.3. The fourth-order valence-corrected chi connectivity index (χ4v) is 3.83. The summed E-state index contributed by atoms with van der Waals surface area (Å²) in [5.41, 5.74) is 1.56. The summed E-state index contributed by atoms with van der Waals surface area (Å²) in [6.45, 7) is 5.04. The minimum atomic E-state index is -2.64. The maximum absolute atomic E-state index is 13.9. The van der Waals surface area contributed by atoms with Gasteiger partial charge < -0.3 is 14.3 Å². The van der Waals surface area contributed by atoms with Crippen LogP contribution in [0.2, 0.25) is 0 Å². The predicted octanol–water partition coefficient (Wildman–Crippen LogP) is 1.32. The lowest BCUT2D eigenvalue weighted by Crippen LogP contribution is -2.63. The highest BCUT2D eigenvalue weighted by atomic mass is 19.3. The van der Waals surface area contributed by atoms with Crippen LogP contribution in [0, 0.1) is 13.8 Å². The quantitative estimate of drug-likeness (QED) is 0.796. The molecular weight excluding hydrogens is 330 g/mol. The Labute approximate surface area is 146 Å². The molecule has 0 unspecified atom stereocenters. The zero-order valence-corrected chi connectivity index (χ0v) is 15.3. The van der Waals surface area contributed by atoms with Crippen molar-refractivity contribution in [2.24, 2.45) is 0 Å². The van der Waals surface area contributed by atoms with Crippen molar-refractivity contribution in [3.63, 3.8) is 0 Å². The molecule has 8 heteroatoms. The van der Waals surface area contributed by atoms with Crippen molar-refractivity contribution in [2.45, 2.75) is 44.7 Å². The van der Waals surface area contributed by atoms with E-state index >= 15 is 0 Å². The molecule has 140 valence electrons. The Morgan fingerprint density at radius 3 is 2.60 bits per heavy atom. The van der Waals surface area contributed by atoms with Crippen LogP contribution < -0.4 is 0 Å². The number of amides is 1. The molecule has 2 aliphatic rings. The van der Waals surface area contributed by atoms with E-state index in [1.54, 1.807) is 11.8 Å². The Kier molecular flexibility index (Phi) is 4.85. The summed E-state index contributed by atoms with van der Waals surface area (Å²) in [6.07, 6.45) is 0.153. The number of halogens is 2. The van der Waals surface area contributed by atoms with Crippen molar-refractivity contribution >= 4 is 5.91 Å². The highest BCUT2D eigenvalue weighted by Gasteiger charge is 2.50. The molecule has 2 aliphatic heterocycles. The fraction of sp³-hybridized carbons (Fsp3) is 0.765. The van der Waals surface area contributed by atoms with Gasteiger partial charge in [0, 0.05) is 43.7 Å². The second-order valence-electron chi connectivity index (χ2n) is 7.58. The van der Waals surface area contributed by atoms with Gasteiger partial charge in [0.1, 0.15) is 5.76 Å². The van der Waals surface area contributed by atoms with E-state index in [2.05, 4.69) is 5.16 Å². The molecule has 3 rings (SSSR count). The van der Waals surface area contributed by atoms with E-state index in [-0.39, 0.29) is 37.4 Å². The van der Waals surface area contributed by atoms with E-state index in [4.69, 9.17) is 4.52 Å². The third kappa shape index (κ3) is 3.84. The lowest BCUT2D eigenvalue weighted by molar-refractivity contribution is -0.138. The summed E-state index contributed by atoms with van der Waals surface area (Å²) in [4.78, 5) is 18.0. The summed E-state index contributed by atoms with van der Waals surface area (Å²) >= 11 is 0. The van der Waals surface area contributed by atoms with Crippen molar-refractivity contribution in [2.75, 3.05) is 40.3 Å². The van der Waals surface area contributed by atoms with Crippen LogP contribution in [0.25, 0.3) is 0 Å². The van der Waals surface area contributed by atoms with E-state index in [1.807, 2.05) is 30.8 Å². The topological polar surface area (TPSA) is 52.8 Å². The largest absolute Gasteiger partial charge is 0.361 e. The van der Waals surface area contributed by atoms with E-state index < -0.39 is 5.92 Å². The summed E-state index contributed by atoms with van der Waals surface area (Å²) in [6, 6.07) is -0.137. The Bertz CT molecular complexity index is 621. The lowest BCUT2D eigenvalue weighted by atomic mass is 10.0. The predicted molar refractivity (Wildman–Crippen MR) is 88.7 cm³/mol. The first-order valence-corrected chi connectivity index (χ1v) is 8.64. The second-order valence-corrected chi connectivity index (χ2v) is 7.58. The van der Waals surface area contributed by atoms with Crippen molar-refractivity contribution < 1.29 is 18.1 Å². The zero-order chi connectivity index (χ0) is 18.4. The van der Waals surface area contributed by atoms with Gasteiger partial charge >= 0.3 is 0 Å². The number of nitrogens with zero attached hydrogens (tertiary/aromatic N) is 4. The molecule has 1 aromatic heterocycles. The molecule has 25 heavy (non-hydrogen) atoms. The van der Waals surface area contributed by atoms with Gasteiger partial charge in [-0.05, 0) is 27.9 Å². The number of aromatic nitrogens is 1. The van der Waals surface area contributed by atoms with E-state index in [9.17, 15) is 13.6 Å². The number of aryl methyl sites for hydroxylation is 2. The number of hydrogen-bond acceptors (Lipinski definition) is 5. The Balaban J connectivity index is 1.57. The summed E-state index contributed by atoms with van der Waals surface area (Å²) in [7, 11) is 3.80. The second kappa shape index (κ2) is 6.64. The van der Waals surface area contributed by atoms with E-state index in [0.29, 0.717) is 25.4 Å². The highest BCUT2D eigenvalue weighted by molar-refractivity contribution is 5.80. The smallest absolute Gasteiger partial charge is 0.262 e. The monoisotopic (exact) mass is 356 g/mol. The van der Waals surface area contributed by atoms with Crippen LogP contribution >= 0.6 is 0 Å². The molecule has 0 saturated carbocycles. The number of hydrogen-bond donors (Lipinski definition) is 0. The van der Waals surface area contributed by atoms with Crippen LogP contribution in [0.3, 0.4) is 0 Å².